The van der Waals surface area contributed by atoms with Crippen molar-refractivity contribution in [3.8, 4) is 17.2 Å². The van der Waals surface area contributed by atoms with E-state index >= 15 is 4.39 Å². The first-order chi connectivity index (χ1) is 24.7. The smallest absolute Gasteiger partial charge is 0.226 e. The number of pyridine rings is 1. The summed E-state index contributed by atoms with van der Waals surface area (Å²) in [5.74, 6) is 0.259. The van der Waals surface area contributed by atoms with E-state index in [-0.39, 0.29) is 59.2 Å². The highest BCUT2D eigenvalue weighted by molar-refractivity contribution is 6.43. The van der Waals surface area contributed by atoms with Gasteiger partial charge in [0, 0.05) is 78.3 Å². The van der Waals surface area contributed by atoms with E-state index < -0.39 is 5.82 Å². The molecule has 6 aliphatic rings. The number of fused-ring (bicyclic) bond motifs is 4. The van der Waals surface area contributed by atoms with Crippen LogP contribution in [0.3, 0.4) is 0 Å². The van der Waals surface area contributed by atoms with Gasteiger partial charge < -0.3 is 24.3 Å². The first-order valence-electron chi connectivity index (χ1n) is 18.5. The van der Waals surface area contributed by atoms with Crippen molar-refractivity contribution in [3.05, 3.63) is 63.1 Å². The van der Waals surface area contributed by atoms with Gasteiger partial charge in [-0.1, -0.05) is 35.3 Å². The van der Waals surface area contributed by atoms with Crippen molar-refractivity contribution in [2.24, 2.45) is 11.8 Å². The highest BCUT2D eigenvalue weighted by Crippen LogP contribution is 2.51. The molecular weight excluding hydrogens is 688 g/mol. The average molecular weight is 731 g/mol. The third kappa shape index (κ3) is 5.56. The molecule has 0 spiro atoms. The lowest BCUT2D eigenvalue weighted by atomic mass is 9.79. The summed E-state index contributed by atoms with van der Waals surface area (Å²) in [6.07, 6.45) is 7.34. The Labute approximate surface area is 307 Å². The lowest BCUT2D eigenvalue weighted by molar-refractivity contribution is -0.134. The van der Waals surface area contributed by atoms with Crippen LogP contribution >= 0.6 is 23.2 Å². The molecule has 10 rings (SSSR count). The molecule has 4 aromatic rings. The first kappa shape index (κ1) is 33.6. The number of ether oxygens (including phenoxy) is 2. The van der Waals surface area contributed by atoms with Crippen molar-refractivity contribution < 1.29 is 18.7 Å². The van der Waals surface area contributed by atoms with Crippen LogP contribution in [0.4, 0.5) is 4.39 Å². The van der Waals surface area contributed by atoms with E-state index in [2.05, 4.69) is 26.9 Å². The van der Waals surface area contributed by atoms with Gasteiger partial charge in [0.15, 0.2) is 5.82 Å². The number of hydrogen-bond donors (Lipinski definition) is 1. The largest absolute Gasteiger partial charge is 0.381 e. The average Bonchev–Trinajstić information content (AvgIpc) is 3.58. The molecule has 6 fully saturated rings. The maximum Gasteiger partial charge on any atom is 0.226 e. The Morgan fingerprint density at radius 1 is 1.10 bits per heavy atom. The Balaban J connectivity index is 1.23. The Morgan fingerprint density at radius 2 is 1.92 bits per heavy atom. The lowest BCUT2D eigenvalue weighted by Gasteiger charge is -2.39. The molecule has 1 N–H and O–H groups in total. The van der Waals surface area contributed by atoms with Crippen molar-refractivity contribution in [2.75, 3.05) is 20.2 Å². The topological polar surface area (TPSA) is 92.4 Å². The molecule has 2 aromatic carbocycles. The number of nitrogens with zero attached hydrogens (tertiary/aromatic N) is 4. The van der Waals surface area contributed by atoms with Crippen LogP contribution in [-0.4, -0.2) is 64.9 Å². The summed E-state index contributed by atoms with van der Waals surface area (Å²) < 4.78 is 32.0. The minimum absolute atomic E-state index is 0.0722. The summed E-state index contributed by atoms with van der Waals surface area (Å²) in [7, 11) is 1.77. The predicted octanol–water partition coefficient (Wildman–Crippen LogP) is 8.24. The summed E-state index contributed by atoms with van der Waals surface area (Å²) >= 11 is 13.1. The number of carbonyl (C=O) groups excluding carboxylic acids is 1. The van der Waals surface area contributed by atoms with E-state index in [9.17, 15) is 10.1 Å². The quantitative estimate of drug-likeness (QED) is 0.187. The van der Waals surface area contributed by atoms with Gasteiger partial charge in [-0.25, -0.2) is 9.37 Å². The predicted molar refractivity (Wildman–Crippen MR) is 195 cm³/mol. The number of methoxy groups -OCH3 is 1. The second-order valence-corrected chi connectivity index (χ2v) is 16.1. The van der Waals surface area contributed by atoms with Gasteiger partial charge in [-0.05, 0) is 81.5 Å². The monoisotopic (exact) mass is 729 g/mol. The van der Waals surface area contributed by atoms with Crippen LogP contribution < -0.4 is 5.32 Å². The number of nitriles is 1. The van der Waals surface area contributed by atoms with Gasteiger partial charge in [0.1, 0.15) is 5.52 Å². The van der Waals surface area contributed by atoms with E-state index in [0.29, 0.717) is 58.4 Å². The van der Waals surface area contributed by atoms with Crippen molar-refractivity contribution >= 4 is 50.9 Å². The number of likely N-dealkylation sites (tertiary alicyclic amines) is 1. The van der Waals surface area contributed by atoms with Gasteiger partial charge in [0.25, 0.3) is 0 Å². The molecule has 3 saturated carbocycles. The van der Waals surface area contributed by atoms with E-state index in [1.807, 2.05) is 13.0 Å². The van der Waals surface area contributed by atoms with Crippen LogP contribution in [0.25, 0.3) is 32.9 Å². The van der Waals surface area contributed by atoms with Gasteiger partial charge >= 0.3 is 0 Å². The van der Waals surface area contributed by atoms with Gasteiger partial charge in [-0.3, -0.25) is 4.79 Å². The minimum atomic E-state index is -0.468. The summed E-state index contributed by atoms with van der Waals surface area (Å²) in [6.45, 7) is 3.44. The fourth-order valence-electron chi connectivity index (χ4n) is 9.59. The molecule has 5 heterocycles. The molecule has 3 saturated heterocycles. The molecule has 0 radical (unpaired) electrons. The van der Waals surface area contributed by atoms with Gasteiger partial charge in [0.2, 0.25) is 5.91 Å². The Bertz CT molecular complexity index is 2100. The first-order valence-corrected chi connectivity index (χ1v) is 19.2. The fraction of sp³-hybridized carbons (Fsp3) is 0.525. The van der Waals surface area contributed by atoms with Crippen LogP contribution in [-0.2, 0) is 20.7 Å². The maximum atomic E-state index is 17.2. The molecule has 3 aliphatic heterocycles. The third-order valence-electron chi connectivity index (χ3n) is 12.3. The summed E-state index contributed by atoms with van der Waals surface area (Å²) in [6, 6.07) is 12.0. The highest BCUT2D eigenvalue weighted by Gasteiger charge is 2.51. The number of halogens is 3. The number of aromatic nitrogens is 2. The molecule has 7 atom stereocenters. The summed E-state index contributed by atoms with van der Waals surface area (Å²) in [5.41, 5.74) is 4.52. The zero-order valence-corrected chi connectivity index (χ0v) is 30.4. The van der Waals surface area contributed by atoms with E-state index in [0.717, 1.165) is 67.4 Å². The van der Waals surface area contributed by atoms with Crippen LogP contribution in [0, 0.1) is 35.9 Å². The van der Waals surface area contributed by atoms with Crippen LogP contribution in [0.15, 0.2) is 30.3 Å². The number of aryl methyl sites for hydroxylation is 2. The molecule has 0 unspecified atom stereocenters. The lowest BCUT2D eigenvalue weighted by Crippen LogP contribution is -2.41. The molecule has 1 amide bonds. The van der Waals surface area contributed by atoms with Crippen molar-refractivity contribution in [3.63, 3.8) is 0 Å². The zero-order valence-electron chi connectivity index (χ0n) is 28.9. The van der Waals surface area contributed by atoms with Crippen LogP contribution in [0.2, 0.25) is 10.0 Å². The molecule has 8 nitrogen and oxygen atoms in total. The third-order valence-corrected chi connectivity index (χ3v) is 13.1. The summed E-state index contributed by atoms with van der Waals surface area (Å²) in [4.78, 5) is 21.0. The number of carbonyl (C=O) groups is 1. The SMILES string of the molecule is CO[C@@H]1CC[C@@H](O[C@H]2C[C@H](c3cc4c(C)nc5c(F)c(-c6cccc(Cl)c6Cl)c(CCC#N)cc5c4n3[C@H]3[C@H]4CN[C@@H]3C4)N(C(=O)C3CC3)C2)C1. The second-order valence-electron chi connectivity index (χ2n) is 15.3. The molecule has 3 aliphatic carbocycles. The van der Waals surface area contributed by atoms with Crippen molar-refractivity contribution in [1.29, 1.82) is 5.26 Å². The highest BCUT2D eigenvalue weighted by atomic mass is 35.5. The number of amides is 1. The minimum Gasteiger partial charge on any atom is -0.381 e. The van der Waals surface area contributed by atoms with Crippen LogP contribution in [0.1, 0.15) is 80.4 Å². The number of nitrogens with one attached hydrogen (secondary N) is 1. The van der Waals surface area contributed by atoms with E-state index in [4.69, 9.17) is 37.7 Å². The Morgan fingerprint density at radius 3 is 2.63 bits per heavy atom. The molecule has 266 valence electrons. The van der Waals surface area contributed by atoms with Crippen molar-refractivity contribution in [1.82, 2.24) is 19.8 Å². The Kier molecular flexibility index (Phi) is 8.55. The number of hydrogen-bond acceptors (Lipinski definition) is 6. The normalized spacial score (nSPS) is 28.5. The Hall–Kier alpha value is -3.26. The zero-order chi connectivity index (χ0) is 35.1. The number of rotatable bonds is 9. The van der Waals surface area contributed by atoms with Gasteiger partial charge in [-0.15, -0.1) is 0 Å². The van der Waals surface area contributed by atoms with Crippen LogP contribution in [0.5, 0.6) is 0 Å². The standard InChI is InChI=1S/C40H42Cl2FN5O3/c1-20-28-17-33(32-16-26(19-47(32)40(49)21-8-9-21)51-25-11-10-24(15-25)50-2)48(38-23-14-31(38)45-18-23)39(28)29-13-22(5-4-12-44)34(36(43)37(29)46-20)27-6-3-7-30(41)35(27)42/h3,6-7,13,17,21,23-26,31-32,38,45H,4-5,8-11,14-16,18-19H2,1-2H3/t23-,24-,25-,26+,31-,32-,38+/m1/s1. The molecule has 11 heteroatoms. The second kappa shape index (κ2) is 13.0. The molecular formula is C40H42Cl2FN5O3. The van der Waals surface area contributed by atoms with Gasteiger partial charge in [-0.2, -0.15) is 5.26 Å². The maximum absolute atomic E-state index is 17.2. The molecule has 51 heavy (non-hydrogen) atoms. The van der Waals surface area contributed by atoms with Crippen molar-refractivity contribution in [2.45, 2.75) is 101 Å². The fourth-order valence-corrected chi connectivity index (χ4v) is 9.99. The van der Waals surface area contributed by atoms with Gasteiger partial charge in [0.05, 0.1) is 52.0 Å². The van der Waals surface area contributed by atoms with E-state index in [1.54, 1.807) is 25.3 Å². The number of benzene rings is 2. The summed E-state index contributed by atoms with van der Waals surface area (Å²) in [5, 5.41) is 15.6. The van der Waals surface area contributed by atoms with E-state index in [1.165, 1.54) is 0 Å². The molecule has 2 bridgehead atoms. The molecule has 2 aromatic heterocycles.